The molecule has 4 atom stereocenters. The monoisotopic (exact) mass is 470 g/mol. The van der Waals surface area contributed by atoms with E-state index in [0.717, 1.165) is 30.4 Å². The van der Waals surface area contributed by atoms with E-state index in [2.05, 4.69) is 48.3 Å². The number of alkyl halides is 1. The van der Waals surface area contributed by atoms with E-state index < -0.39 is 0 Å². The van der Waals surface area contributed by atoms with Crippen LogP contribution in [0.25, 0.3) is 11.1 Å². The number of allylic oxidation sites excluding steroid dienone is 9. The van der Waals surface area contributed by atoms with Gasteiger partial charge in [0.2, 0.25) is 5.82 Å². The van der Waals surface area contributed by atoms with Crippen LogP contribution in [0.1, 0.15) is 65.1 Å². The third kappa shape index (κ3) is 6.01. The zero-order valence-corrected chi connectivity index (χ0v) is 21.1. The Morgan fingerprint density at radius 1 is 1.33 bits per heavy atom. The maximum absolute atomic E-state index is 11.9. The molecular formula is C27H35ClN2O3. The van der Waals surface area contributed by atoms with Crippen molar-refractivity contribution in [3.8, 4) is 0 Å². The summed E-state index contributed by atoms with van der Waals surface area (Å²) in [6.07, 6.45) is 18.7. The lowest BCUT2D eigenvalue weighted by molar-refractivity contribution is -0.119. The van der Waals surface area contributed by atoms with Crippen LogP contribution >= 0.6 is 11.6 Å². The van der Waals surface area contributed by atoms with Crippen molar-refractivity contribution >= 4 is 28.5 Å². The molecule has 3 rings (SSSR count). The maximum atomic E-state index is 11.9. The van der Waals surface area contributed by atoms with Crippen LogP contribution in [0, 0.1) is 17.3 Å². The van der Waals surface area contributed by atoms with Crippen molar-refractivity contribution in [2.45, 2.75) is 58.8 Å². The Morgan fingerprint density at radius 3 is 2.85 bits per heavy atom. The van der Waals surface area contributed by atoms with Crippen molar-refractivity contribution in [1.82, 2.24) is 10.1 Å². The number of aromatic nitrogens is 2. The van der Waals surface area contributed by atoms with E-state index >= 15 is 0 Å². The maximum Gasteiger partial charge on any atom is 0.253 e. The highest BCUT2D eigenvalue weighted by atomic mass is 35.5. The van der Waals surface area contributed by atoms with Crippen molar-refractivity contribution < 1.29 is 14.1 Å². The van der Waals surface area contributed by atoms with Crippen LogP contribution < -0.4 is 0 Å². The van der Waals surface area contributed by atoms with Crippen LogP contribution in [0.2, 0.25) is 0 Å². The molecule has 1 aromatic rings. The Morgan fingerprint density at radius 2 is 2.12 bits per heavy atom. The van der Waals surface area contributed by atoms with Crippen molar-refractivity contribution in [2.75, 3.05) is 13.7 Å². The highest BCUT2D eigenvalue weighted by Gasteiger charge is 2.33. The molecule has 33 heavy (non-hydrogen) atoms. The van der Waals surface area contributed by atoms with Gasteiger partial charge in [0, 0.05) is 24.9 Å². The second kappa shape index (κ2) is 11.3. The number of methoxy groups -OCH3 is 1. The van der Waals surface area contributed by atoms with Crippen molar-refractivity contribution in [2.24, 2.45) is 17.3 Å². The van der Waals surface area contributed by atoms with E-state index in [1.54, 1.807) is 20.1 Å². The van der Waals surface area contributed by atoms with E-state index in [9.17, 15) is 4.79 Å². The van der Waals surface area contributed by atoms with Crippen LogP contribution in [0.15, 0.2) is 52.6 Å². The van der Waals surface area contributed by atoms with E-state index in [1.165, 1.54) is 12.0 Å². The number of rotatable bonds is 8. The third-order valence-electron chi connectivity index (χ3n) is 6.99. The fraction of sp³-hybridized carbons (Fsp3) is 0.519. The molecular weight excluding hydrogens is 436 g/mol. The standard InChI is InChI=1S/C27H35ClN2O3/c1-18(10-12-22(14-16-32-5)27(4)15-8-6-7-9-19(27)2)26-29-25(30-33-26)21-11-13-24(28)23(17-21)20(3)31/h7,9-13,17,19,23-24H,6,8,14-16H2,1-5H3/b18-10+,22-12+/t19-,23-,24-,27-/m0/s1. The van der Waals surface area contributed by atoms with Gasteiger partial charge in [-0.05, 0) is 50.9 Å². The molecule has 1 heterocycles. The fourth-order valence-electron chi connectivity index (χ4n) is 4.50. The number of hydrogen-bond donors (Lipinski definition) is 0. The summed E-state index contributed by atoms with van der Waals surface area (Å²) in [5.41, 5.74) is 3.10. The van der Waals surface area contributed by atoms with Gasteiger partial charge in [-0.1, -0.05) is 67.1 Å². The first-order valence-corrected chi connectivity index (χ1v) is 12.1. The molecule has 0 saturated heterocycles. The minimum atomic E-state index is -0.382. The van der Waals surface area contributed by atoms with E-state index in [0.29, 0.717) is 24.2 Å². The van der Waals surface area contributed by atoms with E-state index in [4.69, 9.17) is 20.9 Å². The Bertz CT molecular complexity index is 1000. The Kier molecular flexibility index (Phi) is 8.66. The lowest BCUT2D eigenvalue weighted by atomic mass is 9.68. The number of carbonyl (C=O) groups excluding carboxylic acids is 1. The van der Waals surface area contributed by atoms with Gasteiger partial charge in [-0.25, -0.2) is 0 Å². The average molecular weight is 471 g/mol. The summed E-state index contributed by atoms with van der Waals surface area (Å²) >= 11 is 6.24. The molecule has 0 amide bonds. The van der Waals surface area contributed by atoms with Gasteiger partial charge in [-0.2, -0.15) is 4.98 Å². The molecule has 0 saturated carbocycles. The lowest BCUT2D eigenvalue weighted by Gasteiger charge is -2.36. The zero-order chi connectivity index (χ0) is 24.0. The van der Waals surface area contributed by atoms with Gasteiger partial charge >= 0.3 is 0 Å². The molecule has 0 radical (unpaired) electrons. The first kappa shape index (κ1) is 25.4. The molecule has 6 heteroatoms. The molecule has 5 nitrogen and oxygen atoms in total. The zero-order valence-electron chi connectivity index (χ0n) is 20.3. The minimum absolute atomic E-state index is 0.0152. The normalized spacial score (nSPS) is 28.5. The van der Waals surface area contributed by atoms with E-state index in [1.807, 2.05) is 19.1 Å². The predicted molar refractivity (Wildman–Crippen MR) is 134 cm³/mol. The molecule has 0 unspecified atom stereocenters. The molecule has 0 spiro atoms. The number of Topliss-reactive ketones (excluding diaryl/α,β-unsaturated/α-hetero) is 1. The van der Waals surface area contributed by atoms with Crippen LogP contribution in [-0.4, -0.2) is 35.0 Å². The summed E-state index contributed by atoms with van der Waals surface area (Å²) in [4.78, 5) is 16.4. The largest absolute Gasteiger partial charge is 0.384 e. The highest BCUT2D eigenvalue weighted by molar-refractivity contribution is 6.24. The van der Waals surface area contributed by atoms with Gasteiger partial charge in [0.15, 0.2) is 0 Å². The minimum Gasteiger partial charge on any atom is -0.384 e. The molecule has 0 aromatic carbocycles. The smallest absolute Gasteiger partial charge is 0.253 e. The molecule has 0 bridgehead atoms. The molecule has 1 aromatic heterocycles. The molecule has 0 fully saturated rings. The summed E-state index contributed by atoms with van der Waals surface area (Å²) in [5, 5.41) is 3.78. The summed E-state index contributed by atoms with van der Waals surface area (Å²) in [5.74, 6) is 1.01. The number of halogens is 1. The second-order valence-electron chi connectivity index (χ2n) is 9.30. The second-order valence-corrected chi connectivity index (χ2v) is 9.80. The predicted octanol–water partition coefficient (Wildman–Crippen LogP) is 6.58. The average Bonchev–Trinajstić information content (AvgIpc) is 3.22. The third-order valence-corrected chi connectivity index (χ3v) is 7.41. The molecule has 2 aliphatic rings. The van der Waals surface area contributed by atoms with Gasteiger partial charge in [0.05, 0.1) is 11.3 Å². The number of ketones is 1. The number of hydrogen-bond acceptors (Lipinski definition) is 5. The van der Waals surface area contributed by atoms with Crippen molar-refractivity contribution in [3.05, 3.63) is 59.8 Å². The summed E-state index contributed by atoms with van der Waals surface area (Å²) in [6, 6.07) is 0. The van der Waals surface area contributed by atoms with Crippen LogP contribution in [-0.2, 0) is 9.53 Å². The highest BCUT2D eigenvalue weighted by Crippen LogP contribution is 2.44. The summed E-state index contributed by atoms with van der Waals surface area (Å²) in [7, 11) is 1.74. The Balaban J connectivity index is 1.86. The number of nitrogens with zero attached hydrogens (tertiary/aromatic N) is 2. The van der Waals surface area contributed by atoms with Gasteiger partial charge in [-0.15, -0.1) is 11.6 Å². The van der Waals surface area contributed by atoms with Crippen LogP contribution in [0.4, 0.5) is 0 Å². The first-order chi connectivity index (χ1) is 15.8. The fourth-order valence-corrected chi connectivity index (χ4v) is 4.82. The number of ether oxygens (including phenoxy) is 1. The van der Waals surface area contributed by atoms with E-state index in [-0.39, 0.29) is 22.5 Å². The molecule has 178 valence electrons. The summed E-state index contributed by atoms with van der Waals surface area (Å²) in [6.45, 7) is 8.86. The van der Waals surface area contributed by atoms with Crippen molar-refractivity contribution in [1.29, 1.82) is 0 Å². The summed E-state index contributed by atoms with van der Waals surface area (Å²) < 4.78 is 10.9. The molecule has 0 aliphatic heterocycles. The quantitative estimate of drug-likeness (QED) is 0.244. The molecule has 2 aliphatic carbocycles. The van der Waals surface area contributed by atoms with Crippen LogP contribution in [0.3, 0.4) is 0 Å². The SMILES string of the molecule is COCC/C(=C\C=C(/C)c1nc(C2=C[C@@H](C(C)=O)[C@@H](Cl)C=C2)no1)[C@@]1(C)CCCC=C[C@@H]1C. The van der Waals surface area contributed by atoms with Gasteiger partial charge < -0.3 is 9.26 Å². The Hall–Kier alpha value is -2.24. The van der Waals surface area contributed by atoms with Crippen LogP contribution in [0.5, 0.6) is 0 Å². The van der Waals surface area contributed by atoms with Gasteiger partial charge in [0.25, 0.3) is 5.89 Å². The van der Waals surface area contributed by atoms with Crippen molar-refractivity contribution in [3.63, 3.8) is 0 Å². The van der Waals surface area contributed by atoms with Gasteiger partial charge in [-0.3, -0.25) is 4.79 Å². The first-order valence-electron chi connectivity index (χ1n) is 11.7. The van der Waals surface area contributed by atoms with Gasteiger partial charge in [0.1, 0.15) is 5.78 Å². The lowest BCUT2D eigenvalue weighted by Crippen LogP contribution is -2.27. The molecule has 0 N–H and O–H groups in total. The number of carbonyl (C=O) groups is 1. The Labute approximate surface area is 202 Å². The topological polar surface area (TPSA) is 65.2 Å².